The summed E-state index contributed by atoms with van der Waals surface area (Å²) in [5.41, 5.74) is 3.46. The number of rotatable bonds is 6. The molecule has 156 valence electrons. The number of nitrogens with zero attached hydrogens (tertiary/aromatic N) is 1. The molecule has 7 heteroatoms. The van der Waals surface area contributed by atoms with Gasteiger partial charge in [-0.25, -0.2) is 12.7 Å². The molecule has 0 bridgehead atoms. The monoisotopic (exact) mass is 416 g/mol. The number of methoxy groups -OCH3 is 1. The minimum atomic E-state index is -3.40. The van der Waals surface area contributed by atoms with E-state index in [2.05, 4.69) is 5.32 Å². The average Bonchev–Trinajstić information content (AvgIpc) is 2.70. The van der Waals surface area contributed by atoms with Crippen molar-refractivity contribution in [2.45, 2.75) is 32.4 Å². The minimum absolute atomic E-state index is 0.00295. The Kier molecular flexibility index (Phi) is 6.59. The highest BCUT2D eigenvalue weighted by molar-refractivity contribution is 7.88. The van der Waals surface area contributed by atoms with Gasteiger partial charge in [0.2, 0.25) is 15.9 Å². The van der Waals surface area contributed by atoms with Crippen LogP contribution in [0.3, 0.4) is 0 Å². The van der Waals surface area contributed by atoms with Crippen molar-refractivity contribution >= 4 is 21.6 Å². The third-order valence-electron chi connectivity index (χ3n) is 5.43. The maximum absolute atomic E-state index is 12.8. The number of benzene rings is 2. The van der Waals surface area contributed by atoms with E-state index in [0.29, 0.717) is 37.4 Å². The summed E-state index contributed by atoms with van der Waals surface area (Å²) in [5.74, 6) is 0.300. The van der Waals surface area contributed by atoms with Gasteiger partial charge in [0, 0.05) is 19.0 Å². The van der Waals surface area contributed by atoms with Crippen molar-refractivity contribution in [1.82, 2.24) is 4.31 Å². The van der Waals surface area contributed by atoms with Crippen LogP contribution >= 0.6 is 0 Å². The van der Waals surface area contributed by atoms with Gasteiger partial charge in [-0.2, -0.15) is 0 Å². The molecule has 0 aliphatic carbocycles. The second-order valence-electron chi connectivity index (χ2n) is 7.55. The third-order valence-corrected chi connectivity index (χ3v) is 7.26. The molecule has 1 saturated heterocycles. The molecule has 29 heavy (non-hydrogen) atoms. The number of anilines is 1. The molecular weight excluding hydrogens is 388 g/mol. The van der Waals surface area contributed by atoms with Crippen LogP contribution in [0.25, 0.3) is 0 Å². The molecule has 0 unspecified atom stereocenters. The number of piperidine rings is 1. The molecule has 3 rings (SSSR count). The number of carbonyl (C=O) groups is 1. The van der Waals surface area contributed by atoms with Gasteiger partial charge in [0.25, 0.3) is 0 Å². The van der Waals surface area contributed by atoms with Crippen LogP contribution in [-0.4, -0.2) is 38.8 Å². The van der Waals surface area contributed by atoms with Crippen molar-refractivity contribution in [1.29, 1.82) is 0 Å². The standard InChI is InChI=1S/C22H28N2O4S/c1-16-8-9-21(28-3)20(14-16)23-22(25)18-10-12-24(13-11-18)29(26,27)15-19-7-5-4-6-17(19)2/h4-9,14,18H,10-13,15H2,1-3H3,(H,23,25). The van der Waals surface area contributed by atoms with Crippen LogP contribution in [0.1, 0.15) is 29.5 Å². The van der Waals surface area contributed by atoms with Gasteiger partial charge in [0.05, 0.1) is 18.6 Å². The molecule has 2 aromatic carbocycles. The fourth-order valence-electron chi connectivity index (χ4n) is 3.61. The van der Waals surface area contributed by atoms with Crippen LogP contribution in [0.2, 0.25) is 0 Å². The van der Waals surface area contributed by atoms with E-state index < -0.39 is 10.0 Å². The van der Waals surface area contributed by atoms with Gasteiger partial charge in [0.1, 0.15) is 5.75 Å². The van der Waals surface area contributed by atoms with Crippen LogP contribution in [0.5, 0.6) is 5.75 Å². The summed E-state index contributed by atoms with van der Waals surface area (Å²) >= 11 is 0. The van der Waals surface area contributed by atoms with E-state index in [4.69, 9.17) is 4.74 Å². The van der Waals surface area contributed by atoms with Crippen LogP contribution in [0, 0.1) is 19.8 Å². The van der Waals surface area contributed by atoms with Gasteiger partial charge in [-0.3, -0.25) is 4.79 Å². The van der Waals surface area contributed by atoms with Crippen LogP contribution in [0.4, 0.5) is 5.69 Å². The van der Waals surface area contributed by atoms with E-state index in [0.717, 1.165) is 16.7 Å². The fourth-order valence-corrected chi connectivity index (χ4v) is 5.28. The molecule has 0 aromatic heterocycles. The lowest BCUT2D eigenvalue weighted by atomic mass is 9.97. The Bertz CT molecular complexity index is 980. The first-order valence-corrected chi connectivity index (χ1v) is 11.4. The lowest BCUT2D eigenvalue weighted by Crippen LogP contribution is -2.42. The number of sulfonamides is 1. The minimum Gasteiger partial charge on any atom is -0.495 e. The van der Waals surface area contributed by atoms with Crippen molar-refractivity contribution in [3.8, 4) is 5.75 Å². The van der Waals surface area contributed by atoms with Gasteiger partial charge in [-0.1, -0.05) is 30.3 Å². The molecule has 1 fully saturated rings. The molecule has 1 heterocycles. The van der Waals surface area contributed by atoms with E-state index in [1.165, 1.54) is 4.31 Å². The first-order chi connectivity index (χ1) is 13.8. The van der Waals surface area contributed by atoms with Gasteiger partial charge in [0.15, 0.2) is 0 Å². The Morgan fingerprint density at radius 1 is 1.14 bits per heavy atom. The number of ether oxygens (including phenoxy) is 1. The fraction of sp³-hybridized carbons (Fsp3) is 0.409. The number of hydrogen-bond acceptors (Lipinski definition) is 4. The molecule has 0 atom stereocenters. The molecule has 1 aliphatic rings. The van der Waals surface area contributed by atoms with Gasteiger partial charge in [-0.15, -0.1) is 0 Å². The van der Waals surface area contributed by atoms with E-state index in [-0.39, 0.29) is 17.6 Å². The summed E-state index contributed by atoms with van der Waals surface area (Å²) in [4.78, 5) is 12.7. The number of nitrogens with one attached hydrogen (secondary N) is 1. The molecule has 0 spiro atoms. The van der Waals surface area contributed by atoms with Crippen molar-refractivity contribution in [3.63, 3.8) is 0 Å². The molecule has 2 aromatic rings. The summed E-state index contributed by atoms with van der Waals surface area (Å²) < 4.78 is 32.4. The molecular formula is C22H28N2O4S. The second-order valence-corrected chi connectivity index (χ2v) is 9.52. The summed E-state index contributed by atoms with van der Waals surface area (Å²) in [7, 11) is -1.83. The van der Waals surface area contributed by atoms with Gasteiger partial charge >= 0.3 is 0 Å². The predicted molar refractivity (Wildman–Crippen MR) is 114 cm³/mol. The van der Waals surface area contributed by atoms with Crippen molar-refractivity contribution < 1.29 is 17.9 Å². The lowest BCUT2D eigenvalue weighted by molar-refractivity contribution is -0.120. The molecule has 6 nitrogen and oxygen atoms in total. The lowest BCUT2D eigenvalue weighted by Gasteiger charge is -2.30. The Balaban J connectivity index is 1.61. The third kappa shape index (κ3) is 5.16. The highest BCUT2D eigenvalue weighted by atomic mass is 32.2. The summed E-state index contributed by atoms with van der Waals surface area (Å²) in [6.45, 7) is 4.59. The zero-order chi connectivity index (χ0) is 21.0. The molecule has 0 radical (unpaired) electrons. The molecule has 0 saturated carbocycles. The Morgan fingerprint density at radius 3 is 2.48 bits per heavy atom. The van der Waals surface area contributed by atoms with Crippen molar-refractivity contribution in [3.05, 3.63) is 59.2 Å². The summed E-state index contributed by atoms with van der Waals surface area (Å²) in [6.07, 6.45) is 1.01. The van der Waals surface area contributed by atoms with Gasteiger partial charge in [-0.05, 0) is 55.5 Å². The highest BCUT2D eigenvalue weighted by Gasteiger charge is 2.31. The van der Waals surface area contributed by atoms with E-state index in [1.54, 1.807) is 7.11 Å². The Morgan fingerprint density at radius 2 is 1.83 bits per heavy atom. The van der Waals surface area contributed by atoms with Gasteiger partial charge < -0.3 is 10.1 Å². The molecule has 1 N–H and O–H groups in total. The first kappa shape index (κ1) is 21.3. The zero-order valence-corrected chi connectivity index (χ0v) is 18.0. The van der Waals surface area contributed by atoms with Crippen LogP contribution < -0.4 is 10.1 Å². The van der Waals surface area contributed by atoms with Crippen molar-refractivity contribution in [2.75, 3.05) is 25.5 Å². The topological polar surface area (TPSA) is 75.7 Å². The number of carbonyl (C=O) groups excluding carboxylic acids is 1. The average molecular weight is 417 g/mol. The Labute approximate surface area is 172 Å². The summed E-state index contributed by atoms with van der Waals surface area (Å²) in [5, 5.41) is 2.94. The smallest absolute Gasteiger partial charge is 0.227 e. The van der Waals surface area contributed by atoms with Crippen LogP contribution in [0.15, 0.2) is 42.5 Å². The quantitative estimate of drug-likeness (QED) is 0.782. The van der Waals surface area contributed by atoms with Crippen molar-refractivity contribution in [2.24, 2.45) is 5.92 Å². The summed E-state index contributed by atoms with van der Waals surface area (Å²) in [6, 6.07) is 13.1. The molecule has 1 amide bonds. The van der Waals surface area contributed by atoms with E-state index >= 15 is 0 Å². The predicted octanol–water partition coefficient (Wildman–Crippen LogP) is 3.49. The second kappa shape index (κ2) is 8.97. The highest BCUT2D eigenvalue weighted by Crippen LogP contribution is 2.28. The maximum atomic E-state index is 12.8. The number of amides is 1. The first-order valence-electron chi connectivity index (χ1n) is 9.78. The maximum Gasteiger partial charge on any atom is 0.227 e. The Hall–Kier alpha value is -2.38. The number of hydrogen-bond donors (Lipinski definition) is 1. The van der Waals surface area contributed by atoms with Crippen LogP contribution in [-0.2, 0) is 20.6 Å². The van der Waals surface area contributed by atoms with E-state index in [1.807, 2.05) is 56.3 Å². The SMILES string of the molecule is COc1ccc(C)cc1NC(=O)C1CCN(S(=O)(=O)Cc2ccccc2C)CC1. The molecule has 1 aliphatic heterocycles. The van der Waals surface area contributed by atoms with E-state index in [9.17, 15) is 13.2 Å². The normalized spacial score (nSPS) is 15.8. The zero-order valence-electron chi connectivity index (χ0n) is 17.1. The number of aryl methyl sites for hydroxylation is 2. The largest absolute Gasteiger partial charge is 0.495 e.